The molecule has 0 aromatic carbocycles. The van der Waals surface area contributed by atoms with Crippen LogP contribution in [0, 0.1) is 0 Å². The maximum absolute atomic E-state index is 3.71. The van der Waals surface area contributed by atoms with Crippen LogP contribution in [0.1, 0.15) is 51.4 Å². The Hall–Kier alpha value is -0.0800. The predicted molar refractivity (Wildman–Crippen MR) is 63.0 cm³/mol. The van der Waals surface area contributed by atoms with Gasteiger partial charge in [-0.05, 0) is 25.7 Å². The number of nitrogens with zero attached hydrogens (tertiary/aromatic N) is 1. The van der Waals surface area contributed by atoms with Gasteiger partial charge in [0.2, 0.25) is 0 Å². The van der Waals surface area contributed by atoms with Crippen LogP contribution in [0.3, 0.4) is 0 Å². The van der Waals surface area contributed by atoms with Crippen LogP contribution in [0.4, 0.5) is 0 Å². The standard InChI is InChI=1S/C13H24N2/c1-2-5-11(6-3-1)15-10-9-14-12-7-4-8-13(12)15/h11-14H,1-10H2. The van der Waals surface area contributed by atoms with E-state index in [0.29, 0.717) is 0 Å². The average Bonchev–Trinajstić information content (AvgIpc) is 2.78. The van der Waals surface area contributed by atoms with Gasteiger partial charge in [0.05, 0.1) is 0 Å². The van der Waals surface area contributed by atoms with E-state index in [1.807, 2.05) is 0 Å². The molecule has 3 rings (SSSR count). The summed E-state index contributed by atoms with van der Waals surface area (Å²) >= 11 is 0. The van der Waals surface area contributed by atoms with Crippen LogP contribution in [0.2, 0.25) is 0 Å². The fourth-order valence-corrected chi connectivity index (χ4v) is 3.99. The lowest BCUT2D eigenvalue weighted by atomic mass is 9.91. The minimum Gasteiger partial charge on any atom is -0.311 e. The van der Waals surface area contributed by atoms with E-state index in [0.717, 1.165) is 18.1 Å². The highest BCUT2D eigenvalue weighted by molar-refractivity contribution is 4.96. The molecule has 3 aliphatic rings. The molecule has 0 aromatic heterocycles. The normalized spacial score (nSPS) is 39.2. The lowest BCUT2D eigenvalue weighted by molar-refractivity contribution is 0.0670. The van der Waals surface area contributed by atoms with Gasteiger partial charge < -0.3 is 5.32 Å². The van der Waals surface area contributed by atoms with Crippen LogP contribution in [-0.2, 0) is 0 Å². The molecule has 15 heavy (non-hydrogen) atoms. The van der Waals surface area contributed by atoms with Crippen molar-refractivity contribution in [3.05, 3.63) is 0 Å². The van der Waals surface area contributed by atoms with Gasteiger partial charge in [-0.25, -0.2) is 0 Å². The van der Waals surface area contributed by atoms with Gasteiger partial charge in [-0.3, -0.25) is 4.90 Å². The second kappa shape index (κ2) is 4.42. The van der Waals surface area contributed by atoms with Crippen LogP contribution in [0.5, 0.6) is 0 Å². The second-order valence-electron chi connectivity index (χ2n) is 5.59. The summed E-state index contributed by atoms with van der Waals surface area (Å²) in [4.78, 5) is 2.87. The van der Waals surface area contributed by atoms with Crippen molar-refractivity contribution in [3.8, 4) is 0 Å². The largest absolute Gasteiger partial charge is 0.311 e. The Balaban J connectivity index is 1.67. The van der Waals surface area contributed by atoms with Crippen molar-refractivity contribution in [3.63, 3.8) is 0 Å². The maximum Gasteiger partial charge on any atom is 0.0252 e. The molecule has 1 N–H and O–H groups in total. The number of hydrogen-bond acceptors (Lipinski definition) is 2. The van der Waals surface area contributed by atoms with Crippen LogP contribution >= 0.6 is 0 Å². The summed E-state index contributed by atoms with van der Waals surface area (Å²) < 4.78 is 0. The van der Waals surface area contributed by atoms with Gasteiger partial charge in [-0.1, -0.05) is 25.7 Å². The van der Waals surface area contributed by atoms with E-state index in [4.69, 9.17) is 0 Å². The van der Waals surface area contributed by atoms with E-state index in [9.17, 15) is 0 Å². The summed E-state index contributed by atoms with van der Waals surface area (Å²) in [7, 11) is 0. The minimum atomic E-state index is 0.834. The van der Waals surface area contributed by atoms with Gasteiger partial charge in [0, 0.05) is 31.2 Å². The highest BCUT2D eigenvalue weighted by Gasteiger charge is 2.37. The van der Waals surface area contributed by atoms with E-state index in [1.165, 1.54) is 64.5 Å². The molecule has 2 aliphatic carbocycles. The van der Waals surface area contributed by atoms with Crippen molar-refractivity contribution in [2.24, 2.45) is 0 Å². The first-order valence-corrected chi connectivity index (χ1v) is 6.94. The molecule has 2 heteroatoms. The Bertz CT molecular complexity index is 211. The molecule has 0 spiro atoms. The Morgan fingerprint density at radius 1 is 0.867 bits per heavy atom. The van der Waals surface area contributed by atoms with Crippen molar-refractivity contribution in [1.82, 2.24) is 10.2 Å². The van der Waals surface area contributed by atoms with Crippen molar-refractivity contribution < 1.29 is 0 Å². The number of hydrogen-bond donors (Lipinski definition) is 1. The third-order valence-electron chi connectivity index (χ3n) is 4.73. The molecule has 2 nitrogen and oxygen atoms in total. The smallest absolute Gasteiger partial charge is 0.0252 e. The second-order valence-corrected chi connectivity index (χ2v) is 5.59. The monoisotopic (exact) mass is 208 g/mol. The summed E-state index contributed by atoms with van der Waals surface area (Å²) in [6.07, 6.45) is 11.7. The molecular formula is C13H24N2. The van der Waals surface area contributed by atoms with E-state index in [-0.39, 0.29) is 0 Å². The average molecular weight is 208 g/mol. The first-order chi connectivity index (χ1) is 7.45. The molecule has 1 aliphatic heterocycles. The number of piperazine rings is 1. The van der Waals surface area contributed by atoms with Crippen molar-refractivity contribution >= 4 is 0 Å². The lowest BCUT2D eigenvalue weighted by Crippen LogP contribution is -2.58. The third-order valence-corrected chi connectivity index (χ3v) is 4.73. The van der Waals surface area contributed by atoms with Gasteiger partial charge in [0.1, 0.15) is 0 Å². The maximum atomic E-state index is 3.71. The topological polar surface area (TPSA) is 15.3 Å². The van der Waals surface area contributed by atoms with Gasteiger partial charge in [0.15, 0.2) is 0 Å². The summed E-state index contributed by atoms with van der Waals surface area (Å²) in [5.41, 5.74) is 0. The van der Waals surface area contributed by atoms with Crippen LogP contribution in [-0.4, -0.2) is 36.1 Å². The first-order valence-electron chi connectivity index (χ1n) is 6.94. The molecule has 2 unspecified atom stereocenters. The predicted octanol–water partition coefficient (Wildman–Crippen LogP) is 2.15. The van der Waals surface area contributed by atoms with E-state index < -0.39 is 0 Å². The fraction of sp³-hybridized carbons (Fsp3) is 1.00. The fourth-order valence-electron chi connectivity index (χ4n) is 3.99. The van der Waals surface area contributed by atoms with Crippen molar-refractivity contribution in [1.29, 1.82) is 0 Å². The minimum absolute atomic E-state index is 0.834. The molecular weight excluding hydrogens is 184 g/mol. The van der Waals surface area contributed by atoms with Gasteiger partial charge >= 0.3 is 0 Å². The summed E-state index contributed by atoms with van der Waals surface area (Å²) in [5, 5.41) is 3.71. The van der Waals surface area contributed by atoms with Gasteiger partial charge in [-0.15, -0.1) is 0 Å². The Kier molecular flexibility index (Phi) is 2.98. The molecule has 1 saturated heterocycles. The van der Waals surface area contributed by atoms with Gasteiger partial charge in [-0.2, -0.15) is 0 Å². The van der Waals surface area contributed by atoms with Crippen molar-refractivity contribution in [2.45, 2.75) is 69.5 Å². The molecule has 86 valence electrons. The Labute approximate surface area is 93.4 Å². The van der Waals surface area contributed by atoms with Crippen LogP contribution in [0.15, 0.2) is 0 Å². The number of rotatable bonds is 1. The summed E-state index contributed by atoms with van der Waals surface area (Å²) in [6, 6.07) is 2.66. The summed E-state index contributed by atoms with van der Waals surface area (Å²) in [6.45, 7) is 2.55. The number of nitrogens with one attached hydrogen (secondary N) is 1. The molecule has 1 heterocycles. The highest BCUT2D eigenvalue weighted by atomic mass is 15.3. The zero-order valence-corrected chi connectivity index (χ0v) is 9.75. The highest BCUT2D eigenvalue weighted by Crippen LogP contribution is 2.32. The molecule has 0 aromatic rings. The van der Waals surface area contributed by atoms with E-state index in [2.05, 4.69) is 10.2 Å². The first kappa shape index (κ1) is 10.1. The zero-order valence-electron chi connectivity index (χ0n) is 9.75. The molecule has 0 amide bonds. The van der Waals surface area contributed by atoms with Crippen molar-refractivity contribution in [2.75, 3.05) is 13.1 Å². The molecule has 0 radical (unpaired) electrons. The molecule has 2 saturated carbocycles. The summed E-state index contributed by atoms with van der Waals surface area (Å²) in [5.74, 6) is 0. The SMILES string of the molecule is C1CCC(N2CCNC3CCCC32)CC1. The van der Waals surface area contributed by atoms with Crippen LogP contribution in [0.25, 0.3) is 0 Å². The zero-order chi connectivity index (χ0) is 10.1. The Morgan fingerprint density at radius 2 is 1.73 bits per heavy atom. The molecule has 2 atom stereocenters. The quantitative estimate of drug-likeness (QED) is 0.710. The Morgan fingerprint density at radius 3 is 2.60 bits per heavy atom. The molecule has 0 bridgehead atoms. The van der Waals surface area contributed by atoms with Gasteiger partial charge in [0.25, 0.3) is 0 Å². The third kappa shape index (κ3) is 1.94. The van der Waals surface area contributed by atoms with E-state index >= 15 is 0 Å². The van der Waals surface area contributed by atoms with E-state index in [1.54, 1.807) is 0 Å². The van der Waals surface area contributed by atoms with Crippen LogP contribution < -0.4 is 5.32 Å². The lowest BCUT2D eigenvalue weighted by Gasteiger charge is -2.44. The number of fused-ring (bicyclic) bond motifs is 1. The molecule has 3 fully saturated rings.